The van der Waals surface area contributed by atoms with Gasteiger partial charge in [0.05, 0.1) is 24.1 Å². The van der Waals surface area contributed by atoms with E-state index in [1.165, 1.54) is 6.07 Å². The van der Waals surface area contributed by atoms with Gasteiger partial charge in [-0.1, -0.05) is 6.07 Å². The Morgan fingerprint density at radius 2 is 1.77 bits per heavy atom. The lowest BCUT2D eigenvalue weighted by Gasteiger charge is -2.36. The summed E-state index contributed by atoms with van der Waals surface area (Å²) in [4.78, 5) is 38.3. The maximum absolute atomic E-state index is 13.2. The topological polar surface area (TPSA) is 115 Å². The van der Waals surface area contributed by atoms with E-state index in [9.17, 15) is 42.9 Å². The molecule has 160 valence electrons. The molecule has 7 nitrogen and oxygen atoms in total. The lowest BCUT2D eigenvalue weighted by Crippen LogP contribution is -2.56. The number of hydrogen-bond acceptors (Lipinski definition) is 5. The van der Waals surface area contributed by atoms with Crippen LogP contribution in [0.25, 0.3) is 0 Å². The fourth-order valence-corrected chi connectivity index (χ4v) is 4.57. The number of amides is 1. The van der Waals surface area contributed by atoms with Crippen molar-refractivity contribution in [3.05, 3.63) is 57.8 Å². The molecule has 11 heteroatoms. The van der Waals surface area contributed by atoms with Crippen molar-refractivity contribution >= 4 is 29.2 Å². The van der Waals surface area contributed by atoms with Gasteiger partial charge < -0.3 is 20.2 Å². The fourth-order valence-electron chi connectivity index (χ4n) is 3.69. The third kappa shape index (κ3) is 3.54. The van der Waals surface area contributed by atoms with E-state index in [2.05, 4.69) is 0 Å². The number of aliphatic carboxylic acids is 2. The quantitative estimate of drug-likeness (QED) is 0.655. The first-order valence-electron chi connectivity index (χ1n) is 8.64. The van der Waals surface area contributed by atoms with Crippen LogP contribution in [0.15, 0.2) is 41.8 Å². The van der Waals surface area contributed by atoms with Crippen LogP contribution in [0.2, 0.25) is 0 Å². The minimum Gasteiger partial charge on any atom is -0.481 e. The van der Waals surface area contributed by atoms with Gasteiger partial charge in [-0.15, -0.1) is 11.3 Å². The first-order chi connectivity index (χ1) is 14.0. The molecule has 1 aromatic carbocycles. The molecule has 3 unspecified atom stereocenters. The molecule has 30 heavy (non-hydrogen) atoms. The number of carbonyl (C=O) groups is 3. The Kier molecular flexibility index (Phi) is 5.61. The molecule has 1 fully saturated rings. The highest BCUT2D eigenvalue weighted by Gasteiger charge is 2.61. The van der Waals surface area contributed by atoms with Crippen LogP contribution in [0.4, 0.5) is 13.2 Å². The summed E-state index contributed by atoms with van der Waals surface area (Å²) in [5.74, 6) is -5.27. The largest absolute Gasteiger partial charge is 0.481 e. The predicted octanol–water partition coefficient (Wildman–Crippen LogP) is 2.87. The third-order valence-electron chi connectivity index (χ3n) is 5.17. The second-order valence-electron chi connectivity index (χ2n) is 6.85. The molecular weight excluding hydrogens is 427 g/mol. The van der Waals surface area contributed by atoms with E-state index in [0.717, 1.165) is 28.4 Å². The number of carboxylic acids is 2. The van der Waals surface area contributed by atoms with E-state index in [0.29, 0.717) is 17.0 Å². The molecular formula is C19H16F3NO6S. The van der Waals surface area contributed by atoms with E-state index in [1.807, 2.05) is 0 Å². The number of rotatable bonds is 5. The van der Waals surface area contributed by atoms with Gasteiger partial charge >= 0.3 is 18.1 Å². The number of halogens is 3. The van der Waals surface area contributed by atoms with Gasteiger partial charge in [-0.3, -0.25) is 9.59 Å². The molecule has 0 aliphatic carbocycles. The summed E-state index contributed by atoms with van der Waals surface area (Å²) in [5, 5.41) is 31.0. The zero-order chi connectivity index (χ0) is 22.3. The van der Waals surface area contributed by atoms with E-state index in [-0.39, 0.29) is 5.56 Å². The SMILES string of the molecule is O=C(O)C1CC(CO)(C(=O)O)N(C(=O)c2ccc(C(F)(F)F)cc2)C1c1cccs1. The lowest BCUT2D eigenvalue weighted by atomic mass is 9.91. The van der Waals surface area contributed by atoms with Crippen molar-refractivity contribution in [2.75, 3.05) is 6.61 Å². The van der Waals surface area contributed by atoms with Crippen LogP contribution < -0.4 is 0 Å². The third-order valence-corrected chi connectivity index (χ3v) is 6.11. The Labute approximate surface area is 172 Å². The first kappa shape index (κ1) is 21.8. The number of carbonyl (C=O) groups excluding carboxylic acids is 1. The zero-order valence-electron chi connectivity index (χ0n) is 15.2. The molecule has 0 bridgehead atoms. The van der Waals surface area contributed by atoms with Crippen LogP contribution in [0.1, 0.15) is 33.3 Å². The van der Waals surface area contributed by atoms with Crippen LogP contribution in [0, 0.1) is 5.92 Å². The van der Waals surface area contributed by atoms with Gasteiger partial charge in [-0.25, -0.2) is 4.79 Å². The van der Waals surface area contributed by atoms with Crippen molar-refractivity contribution in [2.24, 2.45) is 5.92 Å². The zero-order valence-corrected chi connectivity index (χ0v) is 16.0. The van der Waals surface area contributed by atoms with Gasteiger partial charge in [-0.05, 0) is 42.1 Å². The average Bonchev–Trinajstić information content (AvgIpc) is 3.32. The summed E-state index contributed by atoms with van der Waals surface area (Å²) in [7, 11) is 0. The molecule has 0 radical (unpaired) electrons. The van der Waals surface area contributed by atoms with Gasteiger partial charge in [0, 0.05) is 10.4 Å². The van der Waals surface area contributed by atoms with Crippen LogP contribution in [-0.2, 0) is 15.8 Å². The van der Waals surface area contributed by atoms with Gasteiger partial charge in [0.15, 0.2) is 5.54 Å². The number of carboxylic acid groups (broad SMARTS) is 2. The summed E-state index contributed by atoms with van der Waals surface area (Å²) < 4.78 is 38.5. The Balaban J connectivity index is 2.13. The fraction of sp³-hybridized carbons (Fsp3) is 0.316. The molecule has 3 rings (SSSR count). The number of hydrogen-bond donors (Lipinski definition) is 3. The molecule has 3 N–H and O–H groups in total. The Morgan fingerprint density at radius 1 is 1.13 bits per heavy atom. The molecule has 2 heterocycles. The van der Waals surface area contributed by atoms with Gasteiger partial charge in [0.2, 0.25) is 0 Å². The van der Waals surface area contributed by atoms with Crippen molar-refractivity contribution in [1.82, 2.24) is 4.90 Å². The molecule has 0 spiro atoms. The summed E-state index contributed by atoms with van der Waals surface area (Å²) in [6.07, 6.45) is -5.18. The van der Waals surface area contributed by atoms with Gasteiger partial charge in [0.1, 0.15) is 0 Å². The molecule has 3 atom stereocenters. The first-order valence-corrected chi connectivity index (χ1v) is 9.52. The smallest absolute Gasteiger partial charge is 0.416 e. The van der Waals surface area contributed by atoms with Crippen molar-refractivity contribution in [3.8, 4) is 0 Å². The summed E-state index contributed by atoms with van der Waals surface area (Å²) in [6.45, 7) is -1.06. The molecule has 1 aliphatic heterocycles. The average molecular weight is 443 g/mol. The number of thiophene rings is 1. The van der Waals surface area contributed by atoms with Crippen molar-refractivity contribution in [3.63, 3.8) is 0 Å². The molecule has 1 aliphatic rings. The lowest BCUT2D eigenvalue weighted by molar-refractivity contribution is -0.151. The molecule has 2 aromatic rings. The number of nitrogens with zero attached hydrogens (tertiary/aromatic N) is 1. The number of likely N-dealkylation sites (tertiary alicyclic amines) is 1. The van der Waals surface area contributed by atoms with E-state index >= 15 is 0 Å². The van der Waals surface area contributed by atoms with Crippen LogP contribution in [0.3, 0.4) is 0 Å². The van der Waals surface area contributed by atoms with Crippen molar-refractivity contribution < 1.29 is 42.9 Å². The number of alkyl halides is 3. The second kappa shape index (κ2) is 7.73. The maximum Gasteiger partial charge on any atom is 0.416 e. The minimum atomic E-state index is -4.63. The Morgan fingerprint density at radius 3 is 2.20 bits per heavy atom. The summed E-state index contributed by atoms with van der Waals surface area (Å²) >= 11 is 1.11. The minimum absolute atomic E-state index is 0.255. The molecule has 1 amide bonds. The van der Waals surface area contributed by atoms with Gasteiger partial charge in [-0.2, -0.15) is 13.2 Å². The van der Waals surface area contributed by atoms with E-state index in [4.69, 9.17) is 0 Å². The predicted molar refractivity (Wildman–Crippen MR) is 97.9 cm³/mol. The number of benzene rings is 1. The van der Waals surface area contributed by atoms with Crippen molar-refractivity contribution in [1.29, 1.82) is 0 Å². The highest BCUT2D eigenvalue weighted by atomic mass is 32.1. The van der Waals surface area contributed by atoms with E-state index < -0.39 is 60.1 Å². The maximum atomic E-state index is 13.2. The summed E-state index contributed by atoms with van der Waals surface area (Å²) in [5.41, 5.74) is -3.49. The standard InChI is InChI=1S/C19H16F3NO6S/c20-19(21,22)11-5-3-10(4-6-11)15(25)23-14(13-2-1-7-30-13)12(16(26)27)8-18(23,9-24)17(28)29/h1-7,12,14,24H,8-9H2,(H,26,27)(H,28,29). The Hall–Kier alpha value is -2.92. The number of aliphatic hydroxyl groups excluding tert-OH is 1. The molecule has 0 saturated carbocycles. The molecule has 1 aromatic heterocycles. The highest BCUT2D eigenvalue weighted by molar-refractivity contribution is 7.10. The monoisotopic (exact) mass is 443 g/mol. The second-order valence-corrected chi connectivity index (χ2v) is 7.83. The van der Waals surface area contributed by atoms with Crippen LogP contribution >= 0.6 is 11.3 Å². The molecule has 1 saturated heterocycles. The van der Waals surface area contributed by atoms with Crippen LogP contribution in [0.5, 0.6) is 0 Å². The normalized spacial score (nSPS) is 24.1. The summed E-state index contributed by atoms with van der Waals surface area (Å²) in [6, 6.07) is 5.08. The highest BCUT2D eigenvalue weighted by Crippen LogP contribution is 2.49. The van der Waals surface area contributed by atoms with E-state index in [1.54, 1.807) is 11.4 Å². The Bertz CT molecular complexity index is 960. The van der Waals surface area contributed by atoms with Gasteiger partial charge in [0.25, 0.3) is 5.91 Å². The van der Waals surface area contributed by atoms with Crippen molar-refractivity contribution in [2.45, 2.75) is 24.2 Å². The van der Waals surface area contributed by atoms with Crippen LogP contribution in [-0.4, -0.2) is 50.2 Å². The number of aliphatic hydroxyl groups is 1.